The molecule has 0 unspecified atom stereocenters. The molecule has 26 heavy (non-hydrogen) atoms. The highest BCUT2D eigenvalue weighted by molar-refractivity contribution is 5.81. The minimum atomic E-state index is -0.471. The Labute approximate surface area is 150 Å². The molecule has 9 heteroatoms. The van der Waals surface area contributed by atoms with Crippen LogP contribution < -0.4 is 19.8 Å². The normalized spacial score (nSPS) is 14.5. The van der Waals surface area contributed by atoms with E-state index in [-0.39, 0.29) is 11.8 Å². The van der Waals surface area contributed by atoms with Gasteiger partial charge in [0.2, 0.25) is 5.95 Å². The minimum absolute atomic E-state index is 0.213. The molecule has 3 rings (SSSR count). The molecule has 0 amide bonds. The van der Waals surface area contributed by atoms with Crippen molar-refractivity contribution < 1.29 is 18.6 Å². The van der Waals surface area contributed by atoms with Crippen molar-refractivity contribution in [2.75, 3.05) is 50.8 Å². The quantitative estimate of drug-likeness (QED) is 0.622. The number of halogens is 1. The topological polar surface area (TPSA) is 81.1 Å². The molecule has 1 fully saturated rings. The molecular weight excluding hydrogens is 341 g/mol. The average Bonchev–Trinajstić information content (AvgIpc) is 2.69. The predicted octanol–water partition coefficient (Wildman–Crippen LogP) is 1.92. The first-order chi connectivity index (χ1) is 12.7. The van der Waals surface area contributed by atoms with E-state index < -0.39 is 5.82 Å². The van der Waals surface area contributed by atoms with E-state index in [1.165, 1.54) is 0 Å². The number of morpholine rings is 1. The number of hydrogen-bond acceptors (Lipinski definition) is 8. The lowest BCUT2D eigenvalue weighted by atomic mass is 10.2. The molecule has 0 saturated carbocycles. The van der Waals surface area contributed by atoms with Gasteiger partial charge in [-0.15, -0.1) is 0 Å². The maximum absolute atomic E-state index is 14.0. The summed E-state index contributed by atoms with van der Waals surface area (Å²) in [5.41, 5.74) is 3.51. The number of nitrogens with one attached hydrogen (secondary N) is 1. The lowest BCUT2D eigenvalue weighted by molar-refractivity contribution is 0.122. The highest BCUT2D eigenvalue weighted by atomic mass is 19.1. The van der Waals surface area contributed by atoms with Crippen molar-refractivity contribution in [2.45, 2.75) is 0 Å². The number of nitrogens with zero attached hydrogens (tertiary/aromatic N) is 4. The molecule has 0 atom stereocenters. The Kier molecular flexibility index (Phi) is 5.80. The van der Waals surface area contributed by atoms with Gasteiger partial charge in [0.1, 0.15) is 0 Å². The van der Waals surface area contributed by atoms with Crippen molar-refractivity contribution in [1.82, 2.24) is 9.97 Å². The molecule has 1 saturated heterocycles. The zero-order valence-corrected chi connectivity index (χ0v) is 14.6. The molecule has 0 radical (unpaired) electrons. The highest BCUT2D eigenvalue weighted by Gasteiger charge is 2.17. The van der Waals surface area contributed by atoms with Crippen LogP contribution in [0.2, 0.25) is 0 Å². The average molecular weight is 361 g/mol. The van der Waals surface area contributed by atoms with Crippen LogP contribution in [0.3, 0.4) is 0 Å². The van der Waals surface area contributed by atoms with Crippen LogP contribution in [0.4, 0.5) is 16.2 Å². The third kappa shape index (κ3) is 4.17. The molecule has 1 aliphatic rings. The molecule has 1 N–H and O–H groups in total. The monoisotopic (exact) mass is 361 g/mol. The van der Waals surface area contributed by atoms with E-state index in [0.29, 0.717) is 37.8 Å². The van der Waals surface area contributed by atoms with Crippen LogP contribution in [0.5, 0.6) is 11.5 Å². The van der Waals surface area contributed by atoms with Gasteiger partial charge >= 0.3 is 0 Å². The predicted molar refractivity (Wildman–Crippen MR) is 95.8 cm³/mol. The molecule has 1 aromatic heterocycles. The number of aromatic nitrogens is 2. The summed E-state index contributed by atoms with van der Waals surface area (Å²) in [6.07, 6.45) is 2.72. The number of anilines is 2. The van der Waals surface area contributed by atoms with Crippen molar-refractivity contribution >= 4 is 18.0 Å². The van der Waals surface area contributed by atoms with Gasteiger partial charge in [0.05, 0.1) is 39.8 Å². The van der Waals surface area contributed by atoms with Gasteiger partial charge in [-0.05, 0) is 23.8 Å². The van der Waals surface area contributed by atoms with Crippen molar-refractivity contribution in [2.24, 2.45) is 5.10 Å². The first kappa shape index (κ1) is 17.9. The van der Waals surface area contributed by atoms with Gasteiger partial charge in [-0.3, -0.25) is 0 Å². The van der Waals surface area contributed by atoms with Gasteiger partial charge in [-0.2, -0.15) is 10.1 Å². The van der Waals surface area contributed by atoms with Crippen molar-refractivity contribution in [3.8, 4) is 11.5 Å². The van der Waals surface area contributed by atoms with Crippen LogP contribution in [0.25, 0.3) is 0 Å². The molecular formula is C17H20FN5O3. The van der Waals surface area contributed by atoms with E-state index in [2.05, 4.69) is 20.5 Å². The number of methoxy groups -OCH3 is 2. The molecule has 8 nitrogen and oxygen atoms in total. The Hall–Kier alpha value is -2.94. The molecule has 2 aromatic rings. The van der Waals surface area contributed by atoms with E-state index in [0.717, 1.165) is 11.8 Å². The molecule has 0 spiro atoms. The van der Waals surface area contributed by atoms with Gasteiger partial charge in [0, 0.05) is 13.1 Å². The first-order valence-corrected chi connectivity index (χ1v) is 8.07. The van der Waals surface area contributed by atoms with Crippen molar-refractivity contribution in [1.29, 1.82) is 0 Å². The van der Waals surface area contributed by atoms with Crippen LogP contribution in [-0.2, 0) is 4.74 Å². The smallest absolute Gasteiger partial charge is 0.245 e. The van der Waals surface area contributed by atoms with Crippen LogP contribution >= 0.6 is 0 Å². The lowest BCUT2D eigenvalue weighted by Gasteiger charge is -2.27. The highest BCUT2D eigenvalue weighted by Crippen LogP contribution is 2.26. The lowest BCUT2D eigenvalue weighted by Crippen LogP contribution is -2.37. The molecule has 1 aliphatic heterocycles. The van der Waals surface area contributed by atoms with Gasteiger partial charge < -0.3 is 19.1 Å². The fourth-order valence-corrected chi connectivity index (χ4v) is 2.51. The maximum Gasteiger partial charge on any atom is 0.245 e. The maximum atomic E-state index is 14.0. The summed E-state index contributed by atoms with van der Waals surface area (Å²) in [7, 11) is 3.14. The number of rotatable bonds is 6. The Bertz CT molecular complexity index is 781. The van der Waals surface area contributed by atoms with E-state index in [9.17, 15) is 4.39 Å². The number of hydrogen-bond donors (Lipinski definition) is 1. The Morgan fingerprint density at radius 3 is 2.73 bits per heavy atom. The molecule has 1 aromatic carbocycles. The van der Waals surface area contributed by atoms with Gasteiger partial charge in [0.15, 0.2) is 23.1 Å². The van der Waals surface area contributed by atoms with Crippen molar-refractivity contribution in [3.05, 3.63) is 35.8 Å². The van der Waals surface area contributed by atoms with Crippen LogP contribution in [0.1, 0.15) is 5.56 Å². The summed E-state index contributed by atoms with van der Waals surface area (Å²) in [4.78, 5) is 9.94. The third-order valence-electron chi connectivity index (χ3n) is 3.82. The van der Waals surface area contributed by atoms with Crippen LogP contribution in [0.15, 0.2) is 29.5 Å². The molecule has 0 bridgehead atoms. The summed E-state index contributed by atoms with van der Waals surface area (Å²) < 4.78 is 29.7. The third-order valence-corrected chi connectivity index (χ3v) is 3.82. The van der Waals surface area contributed by atoms with Gasteiger partial charge in [-0.1, -0.05) is 0 Å². The van der Waals surface area contributed by atoms with Crippen LogP contribution in [-0.4, -0.2) is 56.7 Å². The second kappa shape index (κ2) is 8.43. The second-order valence-electron chi connectivity index (χ2n) is 5.45. The van der Waals surface area contributed by atoms with Gasteiger partial charge in [-0.25, -0.2) is 14.8 Å². The van der Waals surface area contributed by atoms with Gasteiger partial charge in [0.25, 0.3) is 0 Å². The zero-order valence-electron chi connectivity index (χ0n) is 14.6. The van der Waals surface area contributed by atoms with E-state index in [4.69, 9.17) is 14.2 Å². The minimum Gasteiger partial charge on any atom is -0.493 e. The van der Waals surface area contributed by atoms with E-state index in [1.807, 2.05) is 11.0 Å². The summed E-state index contributed by atoms with van der Waals surface area (Å²) in [6, 6.07) is 5.40. The molecule has 2 heterocycles. The molecule has 138 valence electrons. The Morgan fingerprint density at radius 2 is 2.00 bits per heavy atom. The Morgan fingerprint density at radius 1 is 1.23 bits per heavy atom. The summed E-state index contributed by atoms with van der Waals surface area (Å²) in [6.45, 7) is 2.26. The first-order valence-electron chi connectivity index (χ1n) is 8.07. The van der Waals surface area contributed by atoms with Crippen molar-refractivity contribution in [3.63, 3.8) is 0 Å². The van der Waals surface area contributed by atoms with E-state index in [1.54, 1.807) is 32.6 Å². The number of hydrazone groups is 1. The standard InChI is InChI=1S/C17H20FN5O3/c1-24-14-4-3-12(9-15(14)25-2)10-20-22-17-19-11-13(18)16(21-17)23-5-7-26-8-6-23/h3-4,9-11H,5-8H2,1-2H3,(H,19,21,22). The zero-order chi connectivity index (χ0) is 18.4. The summed E-state index contributed by atoms with van der Waals surface area (Å²) in [5, 5.41) is 4.10. The second-order valence-corrected chi connectivity index (χ2v) is 5.45. The van der Waals surface area contributed by atoms with Crippen LogP contribution in [0, 0.1) is 5.82 Å². The summed E-state index contributed by atoms with van der Waals surface area (Å²) in [5.74, 6) is 1.22. The fourth-order valence-electron chi connectivity index (χ4n) is 2.51. The fraction of sp³-hybridized carbons (Fsp3) is 0.353. The Balaban J connectivity index is 1.70. The number of ether oxygens (including phenoxy) is 3. The largest absolute Gasteiger partial charge is 0.493 e. The molecule has 0 aliphatic carbocycles. The van der Waals surface area contributed by atoms with E-state index >= 15 is 0 Å². The summed E-state index contributed by atoms with van der Waals surface area (Å²) >= 11 is 0. The SMILES string of the molecule is COc1ccc(C=NNc2ncc(F)c(N3CCOCC3)n2)cc1OC. The number of benzene rings is 1.